The van der Waals surface area contributed by atoms with Crippen LogP contribution < -0.4 is 5.32 Å². The van der Waals surface area contributed by atoms with Crippen molar-refractivity contribution in [3.05, 3.63) is 59.5 Å². The Morgan fingerprint density at radius 2 is 1.85 bits per heavy atom. The first-order valence-corrected chi connectivity index (χ1v) is 5.86. The molecule has 6 heteroatoms. The number of hydrogen-bond donors (Lipinski definition) is 1. The average Bonchev–Trinajstić information content (AvgIpc) is 2.82. The number of halogens is 3. The zero-order chi connectivity index (χ0) is 14.8. The molecular formula is C14H12F3NO2. The van der Waals surface area contributed by atoms with Crippen molar-refractivity contribution in [2.45, 2.75) is 19.1 Å². The Kier molecular flexibility index (Phi) is 3.83. The van der Waals surface area contributed by atoms with Gasteiger partial charge in [-0.05, 0) is 18.6 Å². The summed E-state index contributed by atoms with van der Waals surface area (Å²) in [5.74, 6) is -1.01. The summed E-state index contributed by atoms with van der Waals surface area (Å²) in [6, 6.07) is 6.65. The normalized spacial score (nSPS) is 13.0. The molecule has 2 rings (SSSR count). The summed E-state index contributed by atoms with van der Waals surface area (Å²) in [6.07, 6.45) is -3.33. The Hall–Kier alpha value is -2.24. The summed E-state index contributed by atoms with van der Waals surface area (Å²) in [5, 5.41) is 1.96. The fourth-order valence-corrected chi connectivity index (χ4v) is 1.80. The second-order valence-electron chi connectivity index (χ2n) is 4.29. The summed E-state index contributed by atoms with van der Waals surface area (Å²) >= 11 is 0. The molecule has 106 valence electrons. The maximum atomic E-state index is 13.1. The maximum Gasteiger partial charge on any atom is 0.412 e. The van der Waals surface area contributed by atoms with E-state index < -0.39 is 18.1 Å². The lowest BCUT2D eigenvalue weighted by molar-refractivity contribution is -0.155. The first-order valence-electron chi connectivity index (χ1n) is 5.86. The summed E-state index contributed by atoms with van der Waals surface area (Å²) in [7, 11) is 0. The molecule has 0 saturated carbocycles. The third-order valence-corrected chi connectivity index (χ3v) is 2.80. The van der Waals surface area contributed by atoms with Gasteiger partial charge in [0.25, 0.3) is 5.91 Å². The van der Waals surface area contributed by atoms with Crippen LogP contribution in [0.4, 0.5) is 13.2 Å². The van der Waals surface area contributed by atoms with Gasteiger partial charge in [-0.15, -0.1) is 0 Å². The van der Waals surface area contributed by atoms with Gasteiger partial charge in [0.05, 0.1) is 6.26 Å². The summed E-state index contributed by atoms with van der Waals surface area (Å²) in [4.78, 5) is 11.9. The fourth-order valence-electron chi connectivity index (χ4n) is 1.80. The highest BCUT2D eigenvalue weighted by Gasteiger charge is 2.42. The Morgan fingerprint density at radius 3 is 2.35 bits per heavy atom. The predicted molar refractivity (Wildman–Crippen MR) is 66.1 cm³/mol. The number of amides is 1. The highest BCUT2D eigenvalue weighted by Crippen LogP contribution is 2.32. The number of aryl methyl sites for hydroxylation is 1. The summed E-state index contributed by atoms with van der Waals surface area (Å²) in [6.45, 7) is 1.59. The van der Waals surface area contributed by atoms with Crippen molar-refractivity contribution in [3.8, 4) is 0 Å². The van der Waals surface area contributed by atoms with E-state index in [0.29, 0.717) is 5.56 Å². The van der Waals surface area contributed by atoms with Crippen molar-refractivity contribution >= 4 is 5.91 Å². The van der Waals surface area contributed by atoms with E-state index in [1.165, 1.54) is 36.6 Å². The van der Waals surface area contributed by atoms with Crippen LogP contribution in [0.3, 0.4) is 0 Å². The molecule has 1 aromatic carbocycles. The molecule has 0 spiro atoms. The second-order valence-corrected chi connectivity index (χ2v) is 4.29. The third-order valence-electron chi connectivity index (χ3n) is 2.80. The van der Waals surface area contributed by atoms with E-state index in [1.54, 1.807) is 13.0 Å². The number of hydrogen-bond acceptors (Lipinski definition) is 2. The van der Waals surface area contributed by atoms with Crippen molar-refractivity contribution in [1.29, 1.82) is 0 Å². The van der Waals surface area contributed by atoms with E-state index in [9.17, 15) is 18.0 Å². The van der Waals surface area contributed by atoms with Gasteiger partial charge in [0.15, 0.2) is 11.8 Å². The number of alkyl halides is 3. The molecule has 1 atom stereocenters. The number of furan rings is 1. The van der Waals surface area contributed by atoms with Crippen LogP contribution in [0.1, 0.15) is 27.7 Å². The van der Waals surface area contributed by atoms with Crippen molar-refractivity contribution in [2.24, 2.45) is 0 Å². The molecule has 20 heavy (non-hydrogen) atoms. The minimum absolute atomic E-state index is 0.0300. The zero-order valence-electron chi connectivity index (χ0n) is 10.6. The summed E-state index contributed by atoms with van der Waals surface area (Å²) in [5.41, 5.74) is 0.453. The number of carbonyl (C=O) groups is 1. The van der Waals surface area contributed by atoms with Gasteiger partial charge in [0.2, 0.25) is 0 Å². The standard InChI is InChI=1S/C14H12F3NO2/c1-9-7-8-20-11(9)13(19)18-12(14(15,16)17)10-5-3-2-4-6-10/h2-8,12H,1H3,(H,18,19). The second kappa shape index (κ2) is 5.40. The molecule has 0 radical (unpaired) electrons. The Bertz CT molecular complexity index is 590. The van der Waals surface area contributed by atoms with Crippen LogP contribution in [0.25, 0.3) is 0 Å². The third kappa shape index (κ3) is 3.01. The maximum absolute atomic E-state index is 13.1. The highest BCUT2D eigenvalue weighted by molar-refractivity contribution is 5.93. The van der Waals surface area contributed by atoms with Gasteiger partial charge in [-0.2, -0.15) is 13.2 Å². The van der Waals surface area contributed by atoms with Crippen LogP contribution in [-0.4, -0.2) is 12.1 Å². The molecule has 1 aromatic heterocycles. The quantitative estimate of drug-likeness (QED) is 0.934. The first kappa shape index (κ1) is 14.2. The molecule has 1 heterocycles. The first-order chi connectivity index (χ1) is 9.39. The zero-order valence-corrected chi connectivity index (χ0v) is 10.6. The molecule has 0 aliphatic heterocycles. The number of rotatable bonds is 3. The van der Waals surface area contributed by atoms with Crippen molar-refractivity contribution in [3.63, 3.8) is 0 Å². The average molecular weight is 283 g/mol. The molecule has 1 unspecified atom stereocenters. The molecular weight excluding hydrogens is 271 g/mol. The molecule has 0 bridgehead atoms. The summed E-state index contributed by atoms with van der Waals surface area (Å²) < 4.78 is 44.1. The van der Waals surface area contributed by atoms with Gasteiger partial charge >= 0.3 is 6.18 Å². The minimum Gasteiger partial charge on any atom is -0.459 e. The monoisotopic (exact) mass is 283 g/mol. The van der Waals surface area contributed by atoms with E-state index >= 15 is 0 Å². The largest absolute Gasteiger partial charge is 0.459 e. The topological polar surface area (TPSA) is 42.2 Å². The SMILES string of the molecule is Cc1ccoc1C(=O)NC(c1ccccc1)C(F)(F)F. The molecule has 2 aromatic rings. The van der Waals surface area contributed by atoms with Crippen LogP contribution in [0.5, 0.6) is 0 Å². The van der Waals surface area contributed by atoms with Crippen LogP contribution in [0, 0.1) is 6.92 Å². The Morgan fingerprint density at radius 1 is 1.20 bits per heavy atom. The molecule has 1 amide bonds. The smallest absolute Gasteiger partial charge is 0.412 e. The van der Waals surface area contributed by atoms with Gasteiger partial charge in [-0.25, -0.2) is 0 Å². The molecule has 0 saturated heterocycles. The molecule has 0 fully saturated rings. The van der Waals surface area contributed by atoms with E-state index in [1.807, 2.05) is 5.32 Å². The lowest BCUT2D eigenvalue weighted by Gasteiger charge is -2.21. The van der Waals surface area contributed by atoms with Gasteiger partial charge < -0.3 is 9.73 Å². The van der Waals surface area contributed by atoms with Crippen LogP contribution in [-0.2, 0) is 0 Å². The van der Waals surface area contributed by atoms with E-state index in [-0.39, 0.29) is 11.3 Å². The van der Waals surface area contributed by atoms with E-state index in [2.05, 4.69) is 0 Å². The number of nitrogens with one attached hydrogen (secondary N) is 1. The van der Waals surface area contributed by atoms with E-state index in [4.69, 9.17) is 4.42 Å². The number of carbonyl (C=O) groups excluding carboxylic acids is 1. The number of benzene rings is 1. The van der Waals surface area contributed by atoms with Crippen molar-refractivity contribution in [1.82, 2.24) is 5.32 Å². The highest BCUT2D eigenvalue weighted by atomic mass is 19.4. The minimum atomic E-state index is -4.59. The molecule has 3 nitrogen and oxygen atoms in total. The van der Waals surface area contributed by atoms with Gasteiger partial charge in [0.1, 0.15) is 0 Å². The predicted octanol–water partition coefficient (Wildman–Crippen LogP) is 3.62. The van der Waals surface area contributed by atoms with Gasteiger partial charge in [-0.3, -0.25) is 4.79 Å². The Labute approximate surface area is 113 Å². The van der Waals surface area contributed by atoms with Crippen molar-refractivity contribution in [2.75, 3.05) is 0 Å². The van der Waals surface area contributed by atoms with Crippen molar-refractivity contribution < 1.29 is 22.4 Å². The van der Waals surface area contributed by atoms with Gasteiger partial charge in [-0.1, -0.05) is 30.3 Å². The van der Waals surface area contributed by atoms with Crippen LogP contribution in [0.2, 0.25) is 0 Å². The van der Waals surface area contributed by atoms with Crippen LogP contribution >= 0.6 is 0 Å². The molecule has 0 aliphatic carbocycles. The lowest BCUT2D eigenvalue weighted by atomic mass is 10.1. The molecule has 1 N–H and O–H groups in total. The van der Waals surface area contributed by atoms with Crippen LogP contribution in [0.15, 0.2) is 47.1 Å². The molecule has 0 aliphatic rings. The fraction of sp³-hybridized carbons (Fsp3) is 0.214. The van der Waals surface area contributed by atoms with E-state index in [0.717, 1.165) is 0 Å². The van der Waals surface area contributed by atoms with Gasteiger partial charge in [0, 0.05) is 5.56 Å². The Balaban J connectivity index is 2.26. The lowest BCUT2D eigenvalue weighted by Crippen LogP contribution is -2.38.